The zero-order valence-corrected chi connectivity index (χ0v) is 8.27. The molecule has 0 bridgehead atoms. The molecule has 0 aromatic heterocycles. The van der Waals surface area contributed by atoms with E-state index in [2.05, 4.69) is 5.32 Å². The first kappa shape index (κ1) is 11.3. The number of hydrogen-bond donors (Lipinski definition) is 4. The second-order valence-corrected chi connectivity index (χ2v) is 3.26. The lowest BCUT2D eigenvalue weighted by Crippen LogP contribution is -2.34. The third kappa shape index (κ3) is 2.85. The summed E-state index contributed by atoms with van der Waals surface area (Å²) < 4.78 is 0. The highest BCUT2D eigenvalue weighted by atomic mass is 16.3. The molecule has 1 atom stereocenters. The minimum atomic E-state index is -0.537. The van der Waals surface area contributed by atoms with Crippen molar-refractivity contribution in [1.82, 2.24) is 5.32 Å². The van der Waals surface area contributed by atoms with E-state index in [9.17, 15) is 9.90 Å². The van der Waals surface area contributed by atoms with Gasteiger partial charge in [-0.25, -0.2) is 0 Å². The summed E-state index contributed by atoms with van der Waals surface area (Å²) in [6, 6.07) is 3.27. The average Bonchev–Trinajstić information content (AvgIpc) is 2.21. The summed E-state index contributed by atoms with van der Waals surface area (Å²) >= 11 is 0. The second kappa shape index (κ2) is 4.65. The van der Waals surface area contributed by atoms with E-state index in [-0.39, 0.29) is 23.7 Å². The molecule has 1 aromatic rings. The largest absolute Gasteiger partial charge is 0.508 e. The number of carbonyl (C=O) groups excluding carboxylic acids is 1. The van der Waals surface area contributed by atoms with Gasteiger partial charge in [0.25, 0.3) is 5.91 Å². The molecule has 0 fully saturated rings. The first-order valence-corrected chi connectivity index (χ1v) is 4.48. The lowest BCUT2D eigenvalue weighted by molar-refractivity contribution is 0.0919. The normalized spacial score (nSPS) is 12.1. The Hall–Kier alpha value is -1.75. The highest BCUT2D eigenvalue weighted by Crippen LogP contribution is 2.21. The topological polar surface area (TPSA) is 89.8 Å². The van der Waals surface area contributed by atoms with Gasteiger partial charge in [0, 0.05) is 6.04 Å². The predicted molar refractivity (Wildman–Crippen MR) is 53.8 cm³/mol. The molecule has 4 N–H and O–H groups in total. The van der Waals surface area contributed by atoms with Gasteiger partial charge in [-0.3, -0.25) is 4.79 Å². The number of aromatic hydroxyl groups is 2. The Balaban J connectivity index is 2.86. The predicted octanol–water partition coefficient (Wildman–Crippen LogP) is 0.208. The number of rotatable bonds is 3. The number of benzene rings is 1. The minimum Gasteiger partial charge on any atom is -0.508 e. The van der Waals surface area contributed by atoms with Gasteiger partial charge in [-0.2, -0.15) is 0 Å². The molecular formula is C10H13NO4. The smallest absolute Gasteiger partial charge is 0.255 e. The van der Waals surface area contributed by atoms with E-state index in [1.807, 2.05) is 0 Å². The van der Waals surface area contributed by atoms with Crippen LogP contribution in [0.4, 0.5) is 0 Å². The fourth-order valence-electron chi connectivity index (χ4n) is 1.05. The standard InChI is InChI=1S/C10H13NO4/c1-6(5-12)11-10(15)8-4-7(13)2-3-9(8)14/h2-4,6,12-14H,5H2,1H3,(H,11,15). The molecular weight excluding hydrogens is 198 g/mol. The Morgan fingerprint density at radius 3 is 2.73 bits per heavy atom. The van der Waals surface area contributed by atoms with Gasteiger partial charge < -0.3 is 20.6 Å². The van der Waals surface area contributed by atoms with Gasteiger partial charge in [0.1, 0.15) is 11.5 Å². The van der Waals surface area contributed by atoms with Crippen LogP contribution in [0.25, 0.3) is 0 Å². The molecule has 0 heterocycles. The molecule has 0 aliphatic heterocycles. The molecule has 1 amide bonds. The van der Waals surface area contributed by atoms with Crippen LogP contribution >= 0.6 is 0 Å². The molecule has 0 saturated carbocycles. The van der Waals surface area contributed by atoms with Crippen LogP contribution in [0, 0.1) is 0 Å². The van der Waals surface area contributed by atoms with Crippen molar-refractivity contribution in [3.8, 4) is 11.5 Å². The van der Waals surface area contributed by atoms with Crippen molar-refractivity contribution >= 4 is 5.91 Å². The van der Waals surface area contributed by atoms with Crippen LogP contribution in [0.3, 0.4) is 0 Å². The first-order chi connectivity index (χ1) is 7.04. The number of hydrogen-bond acceptors (Lipinski definition) is 4. The maximum Gasteiger partial charge on any atom is 0.255 e. The van der Waals surface area contributed by atoms with Crippen molar-refractivity contribution in [1.29, 1.82) is 0 Å². The SMILES string of the molecule is CC(CO)NC(=O)c1cc(O)ccc1O. The van der Waals surface area contributed by atoms with E-state index in [1.165, 1.54) is 12.1 Å². The number of aliphatic hydroxyl groups is 1. The van der Waals surface area contributed by atoms with E-state index in [1.54, 1.807) is 6.92 Å². The monoisotopic (exact) mass is 211 g/mol. The minimum absolute atomic E-state index is 0.0182. The Morgan fingerprint density at radius 2 is 2.13 bits per heavy atom. The van der Waals surface area contributed by atoms with Crippen LogP contribution in [0.1, 0.15) is 17.3 Å². The number of carbonyl (C=O) groups is 1. The molecule has 1 rings (SSSR count). The number of phenolic OH excluding ortho intramolecular Hbond substituents is 2. The van der Waals surface area contributed by atoms with E-state index >= 15 is 0 Å². The fraction of sp³-hybridized carbons (Fsp3) is 0.300. The molecule has 1 aromatic carbocycles. The Labute approximate surface area is 87.0 Å². The third-order valence-corrected chi connectivity index (χ3v) is 1.88. The van der Waals surface area contributed by atoms with Crippen LogP contribution in [0.2, 0.25) is 0 Å². The average molecular weight is 211 g/mol. The van der Waals surface area contributed by atoms with Crippen molar-refractivity contribution in [3.63, 3.8) is 0 Å². The first-order valence-electron chi connectivity index (χ1n) is 4.48. The van der Waals surface area contributed by atoms with Crippen molar-refractivity contribution in [2.75, 3.05) is 6.61 Å². The zero-order chi connectivity index (χ0) is 11.4. The van der Waals surface area contributed by atoms with E-state index in [4.69, 9.17) is 10.2 Å². The summed E-state index contributed by atoms with van der Waals surface area (Å²) in [5, 5.41) is 29.7. The van der Waals surface area contributed by atoms with E-state index in [0.29, 0.717) is 0 Å². The van der Waals surface area contributed by atoms with Gasteiger partial charge in [-0.1, -0.05) is 0 Å². The molecule has 0 aliphatic rings. The van der Waals surface area contributed by atoms with Crippen LogP contribution in [-0.4, -0.2) is 33.9 Å². The third-order valence-electron chi connectivity index (χ3n) is 1.88. The van der Waals surface area contributed by atoms with Crippen LogP contribution in [0.5, 0.6) is 11.5 Å². The summed E-state index contributed by atoms with van der Waals surface area (Å²) in [5.74, 6) is -0.852. The molecule has 1 unspecified atom stereocenters. The summed E-state index contributed by atoms with van der Waals surface area (Å²) in [6.45, 7) is 1.43. The number of phenols is 2. The molecule has 5 heteroatoms. The molecule has 15 heavy (non-hydrogen) atoms. The summed E-state index contributed by atoms with van der Waals surface area (Å²) in [7, 11) is 0. The van der Waals surface area contributed by atoms with Crippen LogP contribution in [-0.2, 0) is 0 Å². The molecule has 82 valence electrons. The van der Waals surface area contributed by atoms with Gasteiger partial charge in [-0.15, -0.1) is 0 Å². The van der Waals surface area contributed by atoms with E-state index < -0.39 is 11.9 Å². The van der Waals surface area contributed by atoms with Crippen molar-refractivity contribution < 1.29 is 20.1 Å². The van der Waals surface area contributed by atoms with Gasteiger partial charge in [0.15, 0.2) is 0 Å². The highest BCUT2D eigenvalue weighted by molar-refractivity contribution is 5.97. The van der Waals surface area contributed by atoms with Gasteiger partial charge >= 0.3 is 0 Å². The molecule has 0 spiro atoms. The van der Waals surface area contributed by atoms with Gasteiger partial charge in [0.2, 0.25) is 0 Å². The lowest BCUT2D eigenvalue weighted by atomic mass is 10.1. The summed E-state index contributed by atoms with van der Waals surface area (Å²) in [4.78, 5) is 11.5. The fourth-order valence-corrected chi connectivity index (χ4v) is 1.05. The zero-order valence-electron chi connectivity index (χ0n) is 8.27. The molecule has 0 saturated heterocycles. The van der Waals surface area contributed by atoms with Crippen molar-refractivity contribution in [2.24, 2.45) is 0 Å². The van der Waals surface area contributed by atoms with E-state index in [0.717, 1.165) is 6.07 Å². The van der Waals surface area contributed by atoms with Crippen LogP contribution < -0.4 is 5.32 Å². The molecule has 0 aliphatic carbocycles. The number of amides is 1. The lowest BCUT2D eigenvalue weighted by Gasteiger charge is -2.11. The van der Waals surface area contributed by atoms with Gasteiger partial charge in [0.05, 0.1) is 12.2 Å². The van der Waals surface area contributed by atoms with Crippen LogP contribution in [0.15, 0.2) is 18.2 Å². The maximum absolute atomic E-state index is 11.5. The quantitative estimate of drug-likeness (QED) is 0.538. The summed E-state index contributed by atoms with van der Waals surface area (Å²) in [5.41, 5.74) is -0.0182. The van der Waals surface area contributed by atoms with Crippen molar-refractivity contribution in [3.05, 3.63) is 23.8 Å². The molecule has 5 nitrogen and oxygen atoms in total. The Kier molecular flexibility index (Phi) is 3.51. The maximum atomic E-state index is 11.5. The van der Waals surface area contributed by atoms with Crippen molar-refractivity contribution in [2.45, 2.75) is 13.0 Å². The Bertz CT molecular complexity index is 364. The summed E-state index contributed by atoms with van der Waals surface area (Å²) in [6.07, 6.45) is 0. The van der Waals surface area contributed by atoms with Gasteiger partial charge in [-0.05, 0) is 25.1 Å². The number of nitrogens with one attached hydrogen (secondary N) is 1. The Morgan fingerprint density at radius 1 is 1.47 bits per heavy atom. The molecule has 0 radical (unpaired) electrons. The highest BCUT2D eigenvalue weighted by Gasteiger charge is 2.13. The second-order valence-electron chi connectivity index (χ2n) is 3.26. The number of aliphatic hydroxyl groups excluding tert-OH is 1.